The lowest BCUT2D eigenvalue weighted by atomic mass is 10.1. The first-order valence-electron chi connectivity index (χ1n) is 10.5. The minimum atomic E-state index is 0.0451. The molecule has 0 aliphatic carbocycles. The van der Waals surface area contributed by atoms with Crippen molar-refractivity contribution in [2.75, 3.05) is 26.2 Å². The van der Waals surface area contributed by atoms with Crippen molar-refractivity contribution in [2.24, 2.45) is 5.92 Å². The van der Waals surface area contributed by atoms with Gasteiger partial charge < -0.3 is 14.8 Å². The molecule has 158 valence electrons. The van der Waals surface area contributed by atoms with Crippen molar-refractivity contribution in [3.8, 4) is 0 Å². The Kier molecular flexibility index (Phi) is 5.90. The Morgan fingerprint density at radius 1 is 1.13 bits per heavy atom. The fourth-order valence-electron chi connectivity index (χ4n) is 3.94. The van der Waals surface area contributed by atoms with Gasteiger partial charge in [0, 0.05) is 49.7 Å². The minimum absolute atomic E-state index is 0.0451. The van der Waals surface area contributed by atoms with Crippen LogP contribution in [0.15, 0.2) is 30.5 Å². The molecule has 0 radical (unpaired) electrons. The zero-order chi connectivity index (χ0) is 21.3. The van der Waals surface area contributed by atoms with Gasteiger partial charge in [0.1, 0.15) is 4.88 Å². The second-order valence-electron chi connectivity index (χ2n) is 8.33. The zero-order valence-electron chi connectivity index (χ0n) is 17.8. The number of fused-ring (bicyclic) bond motifs is 1. The van der Waals surface area contributed by atoms with Crippen molar-refractivity contribution in [1.82, 2.24) is 19.8 Å². The van der Waals surface area contributed by atoms with E-state index in [1.807, 2.05) is 47.2 Å². The van der Waals surface area contributed by atoms with Gasteiger partial charge in [-0.3, -0.25) is 9.59 Å². The van der Waals surface area contributed by atoms with E-state index in [9.17, 15) is 9.59 Å². The number of aryl methyl sites for hydroxylation is 1. The first-order valence-corrected chi connectivity index (χ1v) is 11.3. The van der Waals surface area contributed by atoms with Crippen LogP contribution in [0.1, 0.15) is 39.8 Å². The van der Waals surface area contributed by atoms with E-state index >= 15 is 0 Å². The van der Waals surface area contributed by atoms with E-state index in [0.29, 0.717) is 38.5 Å². The molecule has 0 bridgehead atoms. The summed E-state index contributed by atoms with van der Waals surface area (Å²) in [5.41, 5.74) is 2.89. The van der Waals surface area contributed by atoms with Gasteiger partial charge in [-0.15, -0.1) is 11.3 Å². The molecule has 1 aliphatic heterocycles. The topological polar surface area (TPSA) is 69.3 Å². The number of carbonyl (C=O) groups is 2. The van der Waals surface area contributed by atoms with Crippen molar-refractivity contribution in [1.29, 1.82) is 0 Å². The molecule has 3 aromatic rings. The second kappa shape index (κ2) is 8.60. The van der Waals surface area contributed by atoms with Gasteiger partial charge in [0.05, 0.1) is 17.1 Å². The summed E-state index contributed by atoms with van der Waals surface area (Å²) < 4.78 is 0. The fourth-order valence-corrected chi connectivity index (χ4v) is 5.19. The van der Waals surface area contributed by atoms with E-state index in [1.54, 1.807) is 0 Å². The summed E-state index contributed by atoms with van der Waals surface area (Å²) >= 11 is 1.51. The third kappa shape index (κ3) is 4.26. The summed E-state index contributed by atoms with van der Waals surface area (Å²) in [5, 5.41) is 2.12. The molecule has 1 N–H and O–H groups in total. The third-order valence-corrected chi connectivity index (χ3v) is 6.72. The highest BCUT2D eigenvalue weighted by Crippen LogP contribution is 2.23. The largest absolute Gasteiger partial charge is 0.361 e. The van der Waals surface area contributed by atoms with Gasteiger partial charge in [-0.2, -0.15) is 0 Å². The van der Waals surface area contributed by atoms with E-state index < -0.39 is 0 Å². The summed E-state index contributed by atoms with van der Waals surface area (Å²) in [6.07, 6.45) is 3.20. The molecule has 1 aliphatic rings. The predicted octanol–water partition coefficient (Wildman–Crippen LogP) is 3.66. The smallest absolute Gasteiger partial charge is 0.265 e. The number of nitrogens with one attached hydrogen (secondary N) is 1. The summed E-state index contributed by atoms with van der Waals surface area (Å²) in [6.45, 7) is 8.50. The lowest BCUT2D eigenvalue weighted by Gasteiger charge is -2.34. The van der Waals surface area contributed by atoms with Crippen molar-refractivity contribution in [3.05, 3.63) is 51.6 Å². The maximum atomic E-state index is 13.0. The Morgan fingerprint density at radius 2 is 1.83 bits per heavy atom. The highest BCUT2D eigenvalue weighted by Gasteiger charge is 2.27. The molecule has 2 aromatic heterocycles. The normalized spacial score (nSPS) is 14.7. The number of hydrogen-bond donors (Lipinski definition) is 1. The first-order chi connectivity index (χ1) is 14.4. The van der Waals surface area contributed by atoms with E-state index in [-0.39, 0.29) is 11.8 Å². The van der Waals surface area contributed by atoms with Crippen LogP contribution < -0.4 is 0 Å². The molecule has 0 unspecified atom stereocenters. The van der Waals surface area contributed by atoms with Crippen LogP contribution in [0.2, 0.25) is 0 Å². The Labute approximate surface area is 180 Å². The lowest BCUT2D eigenvalue weighted by molar-refractivity contribution is -0.131. The molecule has 0 atom stereocenters. The fraction of sp³-hybridized carbons (Fsp3) is 0.435. The average molecular weight is 425 g/mol. The number of carbonyl (C=O) groups excluding carboxylic acids is 2. The van der Waals surface area contributed by atoms with Gasteiger partial charge in [0.2, 0.25) is 5.91 Å². The molecule has 1 fully saturated rings. The summed E-state index contributed by atoms with van der Waals surface area (Å²) in [7, 11) is 0. The Balaban J connectivity index is 1.36. The number of benzene rings is 1. The maximum absolute atomic E-state index is 13.0. The molecular weight excluding hydrogens is 396 g/mol. The van der Waals surface area contributed by atoms with E-state index in [0.717, 1.165) is 38.5 Å². The molecule has 0 spiro atoms. The number of para-hydroxylation sites is 1. The predicted molar refractivity (Wildman–Crippen MR) is 120 cm³/mol. The Hall–Kier alpha value is -2.67. The standard InChI is InChI=1S/C23H28N4O2S/c1-15(2)12-20-25-16(3)22(30-20)23(29)27-10-8-26(9-11-27)21(28)13-17-14-24-19-7-5-4-6-18(17)19/h4-7,14-15,24H,8-13H2,1-3H3. The van der Waals surface area contributed by atoms with Crippen LogP contribution in [0.4, 0.5) is 0 Å². The number of H-pyrrole nitrogens is 1. The van der Waals surface area contributed by atoms with Crippen LogP contribution in [-0.2, 0) is 17.6 Å². The number of nitrogens with zero attached hydrogens (tertiary/aromatic N) is 3. The SMILES string of the molecule is Cc1nc(CC(C)C)sc1C(=O)N1CCN(C(=O)Cc2c[nH]c3ccccc23)CC1. The quantitative estimate of drug-likeness (QED) is 0.680. The Morgan fingerprint density at radius 3 is 2.57 bits per heavy atom. The maximum Gasteiger partial charge on any atom is 0.265 e. The Bertz CT molecular complexity index is 1060. The molecule has 0 saturated carbocycles. The third-order valence-electron chi connectivity index (χ3n) is 5.55. The molecule has 7 heteroatoms. The number of hydrogen-bond acceptors (Lipinski definition) is 4. The zero-order valence-corrected chi connectivity index (χ0v) is 18.6. The molecule has 3 heterocycles. The average Bonchev–Trinajstić information content (AvgIpc) is 3.30. The molecular formula is C23H28N4O2S. The molecule has 1 aromatic carbocycles. The number of rotatable bonds is 5. The highest BCUT2D eigenvalue weighted by atomic mass is 32.1. The minimum Gasteiger partial charge on any atom is -0.361 e. The number of amides is 2. The van der Waals surface area contributed by atoms with Gasteiger partial charge in [0.25, 0.3) is 5.91 Å². The van der Waals surface area contributed by atoms with Crippen molar-refractivity contribution >= 4 is 34.1 Å². The van der Waals surface area contributed by atoms with E-state index in [4.69, 9.17) is 0 Å². The summed E-state index contributed by atoms with van der Waals surface area (Å²) in [5.74, 6) is 0.675. The summed E-state index contributed by atoms with van der Waals surface area (Å²) in [6, 6.07) is 8.03. The number of aromatic nitrogens is 2. The van der Waals surface area contributed by atoms with Gasteiger partial charge in [-0.25, -0.2) is 4.98 Å². The molecule has 2 amide bonds. The monoisotopic (exact) mass is 424 g/mol. The molecule has 4 rings (SSSR count). The number of thiazole rings is 1. The van der Waals surface area contributed by atoms with Crippen molar-refractivity contribution < 1.29 is 9.59 Å². The summed E-state index contributed by atoms with van der Waals surface area (Å²) in [4.78, 5) is 38.1. The van der Waals surface area contributed by atoms with E-state index in [1.165, 1.54) is 11.3 Å². The van der Waals surface area contributed by atoms with Gasteiger partial charge >= 0.3 is 0 Å². The van der Waals surface area contributed by atoms with Gasteiger partial charge in [-0.05, 0) is 24.5 Å². The second-order valence-corrected chi connectivity index (χ2v) is 9.41. The molecule has 30 heavy (non-hydrogen) atoms. The highest BCUT2D eigenvalue weighted by molar-refractivity contribution is 7.13. The van der Waals surface area contributed by atoms with Crippen molar-refractivity contribution in [3.63, 3.8) is 0 Å². The van der Waals surface area contributed by atoms with Crippen LogP contribution in [0.3, 0.4) is 0 Å². The van der Waals surface area contributed by atoms with Gasteiger partial charge in [-0.1, -0.05) is 32.0 Å². The molecule has 6 nitrogen and oxygen atoms in total. The molecule has 1 saturated heterocycles. The van der Waals surface area contributed by atoms with Crippen molar-refractivity contribution in [2.45, 2.75) is 33.6 Å². The number of piperazine rings is 1. The van der Waals surface area contributed by atoms with Crippen LogP contribution in [0, 0.1) is 12.8 Å². The van der Waals surface area contributed by atoms with Crippen LogP contribution in [0.5, 0.6) is 0 Å². The van der Waals surface area contributed by atoms with Crippen LogP contribution in [-0.4, -0.2) is 57.8 Å². The lowest BCUT2D eigenvalue weighted by Crippen LogP contribution is -2.51. The number of aromatic amines is 1. The van der Waals surface area contributed by atoms with Crippen LogP contribution >= 0.6 is 11.3 Å². The van der Waals surface area contributed by atoms with Gasteiger partial charge in [0.15, 0.2) is 0 Å². The van der Waals surface area contributed by atoms with E-state index in [2.05, 4.69) is 23.8 Å². The first kappa shape index (κ1) is 20.6. The van der Waals surface area contributed by atoms with Crippen LogP contribution in [0.25, 0.3) is 10.9 Å².